The zero-order chi connectivity index (χ0) is 23.4. The third-order valence-corrected chi connectivity index (χ3v) is 6.19. The van der Waals surface area contributed by atoms with Gasteiger partial charge >= 0.3 is 5.97 Å². The smallest absolute Gasteiger partial charge is 0.307 e. The maximum atomic E-state index is 13.2. The number of aromatic nitrogens is 4. The van der Waals surface area contributed by atoms with E-state index in [1.165, 1.54) is 23.4 Å². The molecular formula is C24H21N5O3S. The van der Waals surface area contributed by atoms with E-state index in [-0.39, 0.29) is 18.5 Å². The first kappa shape index (κ1) is 22.3. The first-order valence-corrected chi connectivity index (χ1v) is 11.2. The maximum absolute atomic E-state index is 13.2. The molecule has 2 heterocycles. The number of nitriles is 1. The molecule has 4 rings (SSSR count). The van der Waals surface area contributed by atoms with Crippen molar-refractivity contribution in [2.45, 2.75) is 30.8 Å². The van der Waals surface area contributed by atoms with E-state index >= 15 is 0 Å². The van der Waals surface area contributed by atoms with Crippen LogP contribution in [0.1, 0.15) is 23.4 Å². The van der Waals surface area contributed by atoms with E-state index in [0.717, 1.165) is 5.69 Å². The van der Waals surface area contributed by atoms with Gasteiger partial charge in [0.1, 0.15) is 6.07 Å². The molecule has 0 unspecified atom stereocenters. The van der Waals surface area contributed by atoms with Crippen molar-refractivity contribution in [2.24, 2.45) is 0 Å². The van der Waals surface area contributed by atoms with Gasteiger partial charge in [-0.15, -0.1) is 0 Å². The van der Waals surface area contributed by atoms with Gasteiger partial charge in [-0.25, -0.2) is 9.67 Å². The van der Waals surface area contributed by atoms with Crippen LogP contribution < -0.4 is 5.56 Å². The van der Waals surface area contributed by atoms with E-state index < -0.39 is 5.97 Å². The summed E-state index contributed by atoms with van der Waals surface area (Å²) in [5.74, 6) is -0.0442. The lowest BCUT2D eigenvalue weighted by Crippen LogP contribution is -2.25. The van der Waals surface area contributed by atoms with Gasteiger partial charge in [-0.05, 0) is 31.2 Å². The molecule has 0 saturated heterocycles. The summed E-state index contributed by atoms with van der Waals surface area (Å²) in [6.45, 7) is 1.94. The molecule has 0 spiro atoms. The van der Waals surface area contributed by atoms with Gasteiger partial charge in [-0.2, -0.15) is 10.4 Å². The Hall–Kier alpha value is -3.90. The third kappa shape index (κ3) is 4.52. The number of para-hydroxylation sites is 2. The van der Waals surface area contributed by atoms with Crippen molar-refractivity contribution in [3.63, 3.8) is 0 Å². The van der Waals surface area contributed by atoms with Crippen molar-refractivity contribution < 1.29 is 9.53 Å². The van der Waals surface area contributed by atoms with Gasteiger partial charge < -0.3 is 4.74 Å². The summed E-state index contributed by atoms with van der Waals surface area (Å²) in [6.07, 6.45) is 0.0501. The highest BCUT2D eigenvalue weighted by molar-refractivity contribution is 7.98. The number of ether oxygens (including phenoxy) is 1. The summed E-state index contributed by atoms with van der Waals surface area (Å²) in [5.41, 5.74) is 3.04. The van der Waals surface area contributed by atoms with Gasteiger partial charge in [0.25, 0.3) is 5.56 Å². The molecule has 4 aromatic rings. The molecule has 33 heavy (non-hydrogen) atoms. The fourth-order valence-electron chi connectivity index (χ4n) is 3.53. The Balaban J connectivity index is 1.75. The molecule has 0 aliphatic rings. The van der Waals surface area contributed by atoms with Crippen molar-refractivity contribution in [1.82, 2.24) is 19.3 Å². The van der Waals surface area contributed by atoms with Gasteiger partial charge in [-0.3, -0.25) is 14.2 Å². The number of carbonyl (C=O) groups excluding carboxylic acids is 1. The van der Waals surface area contributed by atoms with Crippen LogP contribution in [0.15, 0.2) is 64.5 Å². The zero-order valence-electron chi connectivity index (χ0n) is 18.2. The Labute approximate surface area is 194 Å². The van der Waals surface area contributed by atoms with Crippen LogP contribution in [0.3, 0.4) is 0 Å². The molecule has 0 radical (unpaired) electrons. The summed E-state index contributed by atoms with van der Waals surface area (Å²) in [7, 11) is 1.32. The van der Waals surface area contributed by atoms with Crippen molar-refractivity contribution in [3.8, 4) is 11.8 Å². The number of aryl methyl sites for hydroxylation is 1. The first-order valence-electron chi connectivity index (χ1n) is 10.3. The van der Waals surface area contributed by atoms with Crippen LogP contribution in [0.25, 0.3) is 16.6 Å². The van der Waals surface area contributed by atoms with Crippen molar-refractivity contribution in [2.75, 3.05) is 7.11 Å². The van der Waals surface area contributed by atoms with Gasteiger partial charge in [0.05, 0.1) is 47.1 Å². The molecular weight excluding hydrogens is 438 g/mol. The Bertz CT molecular complexity index is 1420. The van der Waals surface area contributed by atoms with Crippen LogP contribution >= 0.6 is 11.8 Å². The van der Waals surface area contributed by atoms with Gasteiger partial charge in [0.2, 0.25) is 0 Å². The topological polar surface area (TPSA) is 103 Å². The van der Waals surface area contributed by atoms with Crippen LogP contribution in [0.2, 0.25) is 0 Å². The molecule has 0 atom stereocenters. The second kappa shape index (κ2) is 9.71. The predicted molar refractivity (Wildman–Crippen MR) is 125 cm³/mol. The highest BCUT2D eigenvalue weighted by atomic mass is 32.2. The summed E-state index contributed by atoms with van der Waals surface area (Å²) >= 11 is 1.33. The monoisotopic (exact) mass is 459 g/mol. The highest BCUT2D eigenvalue weighted by Gasteiger charge is 2.19. The van der Waals surface area contributed by atoms with Crippen LogP contribution in [0.5, 0.6) is 0 Å². The molecule has 9 heteroatoms. The fraction of sp³-hybridized carbons (Fsp3) is 0.208. The van der Waals surface area contributed by atoms with Gasteiger partial charge in [0.15, 0.2) is 5.16 Å². The van der Waals surface area contributed by atoms with E-state index in [0.29, 0.717) is 38.8 Å². The first-order chi connectivity index (χ1) is 16.0. The normalized spacial score (nSPS) is 10.8. The lowest BCUT2D eigenvalue weighted by Gasteiger charge is -2.13. The fourth-order valence-corrected chi connectivity index (χ4v) is 4.56. The number of carbonyl (C=O) groups is 1. The predicted octanol–water partition coefficient (Wildman–Crippen LogP) is 3.62. The van der Waals surface area contributed by atoms with Crippen LogP contribution in [-0.2, 0) is 21.8 Å². The average molecular weight is 460 g/mol. The van der Waals surface area contributed by atoms with E-state index in [1.54, 1.807) is 29.8 Å². The Kier molecular flexibility index (Phi) is 6.56. The second-order valence-electron chi connectivity index (χ2n) is 7.25. The molecule has 0 aliphatic heterocycles. The minimum atomic E-state index is -0.407. The number of fused-ring (bicyclic) bond motifs is 1. The van der Waals surface area contributed by atoms with Gasteiger partial charge in [0, 0.05) is 12.3 Å². The standard InChI is InChI=1S/C24H21N5O3S/c1-16-19(14-25)21(29(27-16)17-8-4-3-5-9-17)15-33-24-26-20-11-7-6-10-18(20)23(31)28(24)13-12-22(30)32-2/h3-11H,12-13,15H2,1-2H3. The van der Waals surface area contributed by atoms with Crippen molar-refractivity contribution >= 4 is 28.6 Å². The summed E-state index contributed by atoms with van der Waals surface area (Å²) in [6, 6.07) is 18.9. The number of hydrogen-bond donors (Lipinski definition) is 0. The SMILES string of the molecule is COC(=O)CCn1c(SCc2c(C#N)c(C)nn2-c2ccccc2)nc2ccccc2c1=O. The Morgan fingerprint density at radius 3 is 2.61 bits per heavy atom. The molecule has 0 saturated carbocycles. The molecule has 0 N–H and O–H groups in total. The molecule has 0 fully saturated rings. The molecule has 2 aromatic carbocycles. The number of methoxy groups -OCH3 is 1. The number of benzene rings is 2. The van der Waals surface area contributed by atoms with Crippen LogP contribution in [0.4, 0.5) is 0 Å². The minimum Gasteiger partial charge on any atom is -0.469 e. The number of esters is 1. The molecule has 0 aliphatic carbocycles. The Morgan fingerprint density at radius 1 is 1.15 bits per heavy atom. The second-order valence-corrected chi connectivity index (χ2v) is 8.19. The molecule has 0 bridgehead atoms. The Morgan fingerprint density at radius 2 is 1.88 bits per heavy atom. The van der Waals surface area contributed by atoms with Crippen molar-refractivity contribution in [1.29, 1.82) is 5.26 Å². The van der Waals surface area contributed by atoms with Crippen LogP contribution in [-0.4, -0.2) is 32.4 Å². The van der Waals surface area contributed by atoms with E-state index in [2.05, 4.69) is 16.2 Å². The van der Waals surface area contributed by atoms with E-state index in [9.17, 15) is 14.9 Å². The average Bonchev–Trinajstić information content (AvgIpc) is 3.17. The van der Waals surface area contributed by atoms with Crippen molar-refractivity contribution in [3.05, 3.63) is 81.9 Å². The number of nitrogens with zero attached hydrogens (tertiary/aromatic N) is 5. The zero-order valence-corrected chi connectivity index (χ0v) is 19.0. The number of rotatable bonds is 7. The van der Waals surface area contributed by atoms with Gasteiger partial charge in [-0.1, -0.05) is 42.1 Å². The maximum Gasteiger partial charge on any atom is 0.307 e. The lowest BCUT2D eigenvalue weighted by atomic mass is 10.2. The molecule has 166 valence electrons. The number of hydrogen-bond acceptors (Lipinski definition) is 7. The minimum absolute atomic E-state index is 0.0501. The van der Waals surface area contributed by atoms with E-state index in [4.69, 9.17) is 4.74 Å². The largest absolute Gasteiger partial charge is 0.469 e. The summed E-state index contributed by atoms with van der Waals surface area (Å²) < 4.78 is 7.98. The summed E-state index contributed by atoms with van der Waals surface area (Å²) in [4.78, 5) is 29.6. The third-order valence-electron chi connectivity index (χ3n) is 5.20. The van der Waals surface area contributed by atoms with E-state index in [1.807, 2.05) is 36.4 Å². The lowest BCUT2D eigenvalue weighted by molar-refractivity contribution is -0.140. The molecule has 0 amide bonds. The molecule has 8 nitrogen and oxygen atoms in total. The highest BCUT2D eigenvalue weighted by Crippen LogP contribution is 2.27. The van der Waals surface area contributed by atoms with Crippen LogP contribution in [0, 0.1) is 18.3 Å². The summed E-state index contributed by atoms with van der Waals surface area (Å²) in [5, 5.41) is 15.2. The number of thioether (sulfide) groups is 1. The quantitative estimate of drug-likeness (QED) is 0.236. The molecule has 2 aromatic heterocycles.